The number of hydrogen-bond donors (Lipinski definition) is 1. The van der Waals surface area contributed by atoms with Gasteiger partial charge in [0.15, 0.2) is 5.78 Å². The molecule has 1 aromatic rings. The van der Waals surface area contributed by atoms with Crippen LogP contribution in [-0.2, 0) is 0 Å². The average molecular weight is 283 g/mol. The van der Waals surface area contributed by atoms with Crippen molar-refractivity contribution in [3.05, 3.63) is 29.8 Å². The Morgan fingerprint density at radius 1 is 1.25 bits per heavy atom. The van der Waals surface area contributed by atoms with Crippen LogP contribution in [0.15, 0.2) is 24.3 Å². The van der Waals surface area contributed by atoms with Crippen molar-refractivity contribution in [2.75, 3.05) is 36.4 Å². The Kier molecular flexibility index (Phi) is 3.96. The fourth-order valence-corrected chi connectivity index (χ4v) is 2.18. The Morgan fingerprint density at radius 2 is 1.88 bits per heavy atom. The van der Waals surface area contributed by atoms with Crippen molar-refractivity contribution in [3.63, 3.8) is 0 Å². The SMILES string of the molecule is O=C(CBr)c1ccc(N2CCNCC2)cc1. The second-order valence-corrected chi connectivity index (χ2v) is 4.40. The number of rotatable bonds is 3. The largest absolute Gasteiger partial charge is 0.369 e. The van der Waals surface area contributed by atoms with E-state index in [-0.39, 0.29) is 5.78 Å². The first kappa shape index (κ1) is 11.6. The number of nitrogens with zero attached hydrogens (tertiary/aromatic N) is 1. The standard InChI is InChI=1S/C12H15BrN2O/c13-9-12(16)10-1-3-11(4-2-10)15-7-5-14-6-8-15/h1-4,14H,5-9H2. The summed E-state index contributed by atoms with van der Waals surface area (Å²) in [7, 11) is 0. The molecule has 0 atom stereocenters. The average Bonchev–Trinajstić information content (AvgIpc) is 2.39. The lowest BCUT2D eigenvalue weighted by molar-refractivity contribution is 0.102. The predicted molar refractivity (Wildman–Crippen MR) is 69.6 cm³/mol. The van der Waals surface area contributed by atoms with E-state index in [9.17, 15) is 4.79 Å². The maximum atomic E-state index is 11.4. The number of carbonyl (C=O) groups excluding carboxylic acids is 1. The lowest BCUT2D eigenvalue weighted by atomic mass is 10.1. The van der Waals surface area contributed by atoms with Crippen LogP contribution in [0.5, 0.6) is 0 Å². The molecule has 2 rings (SSSR count). The van der Waals surface area contributed by atoms with Gasteiger partial charge in [0, 0.05) is 37.4 Å². The number of anilines is 1. The van der Waals surface area contributed by atoms with E-state index in [2.05, 4.69) is 26.1 Å². The summed E-state index contributed by atoms with van der Waals surface area (Å²) in [6.45, 7) is 4.13. The molecule has 16 heavy (non-hydrogen) atoms. The number of piperazine rings is 1. The predicted octanol–water partition coefficient (Wildman–Crippen LogP) is 1.67. The molecule has 1 aliphatic heterocycles. The van der Waals surface area contributed by atoms with Gasteiger partial charge >= 0.3 is 0 Å². The second-order valence-electron chi connectivity index (χ2n) is 3.84. The molecule has 1 N–H and O–H groups in total. The van der Waals surface area contributed by atoms with Crippen LogP contribution in [0.3, 0.4) is 0 Å². The molecule has 0 spiro atoms. The van der Waals surface area contributed by atoms with Gasteiger partial charge in [0.05, 0.1) is 5.33 Å². The van der Waals surface area contributed by atoms with Gasteiger partial charge in [-0.15, -0.1) is 0 Å². The fraction of sp³-hybridized carbons (Fsp3) is 0.417. The van der Waals surface area contributed by atoms with Crippen LogP contribution in [0, 0.1) is 0 Å². The van der Waals surface area contributed by atoms with Crippen molar-refractivity contribution in [3.8, 4) is 0 Å². The molecule has 3 nitrogen and oxygen atoms in total. The molecule has 1 aliphatic rings. The number of benzene rings is 1. The first-order valence-electron chi connectivity index (χ1n) is 5.46. The molecule has 0 radical (unpaired) electrons. The monoisotopic (exact) mass is 282 g/mol. The molecular weight excluding hydrogens is 268 g/mol. The van der Waals surface area contributed by atoms with Gasteiger partial charge in [0.2, 0.25) is 0 Å². The number of carbonyl (C=O) groups is 1. The van der Waals surface area contributed by atoms with Gasteiger partial charge in [0.25, 0.3) is 0 Å². The maximum absolute atomic E-state index is 11.4. The van der Waals surface area contributed by atoms with Gasteiger partial charge in [-0.05, 0) is 24.3 Å². The van der Waals surface area contributed by atoms with E-state index in [0.717, 1.165) is 31.7 Å². The molecule has 4 heteroatoms. The molecule has 0 amide bonds. The molecule has 1 aromatic carbocycles. The van der Waals surface area contributed by atoms with Gasteiger partial charge in [-0.3, -0.25) is 4.79 Å². The molecule has 0 aliphatic carbocycles. The third kappa shape index (κ3) is 2.62. The fourth-order valence-electron chi connectivity index (χ4n) is 1.86. The molecule has 0 aromatic heterocycles. The van der Waals surface area contributed by atoms with E-state index < -0.39 is 0 Å². The van der Waals surface area contributed by atoms with E-state index >= 15 is 0 Å². The summed E-state index contributed by atoms with van der Waals surface area (Å²) in [4.78, 5) is 13.8. The third-order valence-electron chi connectivity index (χ3n) is 2.79. The van der Waals surface area contributed by atoms with Crippen LogP contribution < -0.4 is 10.2 Å². The smallest absolute Gasteiger partial charge is 0.173 e. The second kappa shape index (κ2) is 5.46. The Hall–Kier alpha value is -0.870. The lowest BCUT2D eigenvalue weighted by Gasteiger charge is -2.29. The summed E-state index contributed by atoms with van der Waals surface area (Å²) >= 11 is 3.18. The van der Waals surface area contributed by atoms with Crippen molar-refractivity contribution in [2.24, 2.45) is 0 Å². The molecule has 86 valence electrons. The van der Waals surface area contributed by atoms with E-state index in [1.807, 2.05) is 24.3 Å². The highest BCUT2D eigenvalue weighted by molar-refractivity contribution is 9.09. The zero-order valence-corrected chi connectivity index (χ0v) is 10.7. The summed E-state index contributed by atoms with van der Waals surface area (Å²) in [6, 6.07) is 7.87. The van der Waals surface area contributed by atoms with Crippen LogP contribution in [-0.4, -0.2) is 37.3 Å². The van der Waals surface area contributed by atoms with Gasteiger partial charge in [-0.1, -0.05) is 15.9 Å². The summed E-state index contributed by atoms with van der Waals surface area (Å²) in [5.74, 6) is 0.131. The van der Waals surface area contributed by atoms with Crippen molar-refractivity contribution >= 4 is 27.4 Å². The molecule has 0 unspecified atom stereocenters. The molecule has 1 saturated heterocycles. The zero-order valence-electron chi connectivity index (χ0n) is 9.08. The van der Waals surface area contributed by atoms with Crippen LogP contribution >= 0.6 is 15.9 Å². The Labute approximate surface area is 104 Å². The Bertz CT molecular complexity index is 358. The van der Waals surface area contributed by atoms with Crippen LogP contribution in [0.2, 0.25) is 0 Å². The topological polar surface area (TPSA) is 32.3 Å². The zero-order chi connectivity index (χ0) is 11.4. The molecule has 0 bridgehead atoms. The summed E-state index contributed by atoms with van der Waals surface area (Å²) in [5, 5.41) is 3.71. The highest BCUT2D eigenvalue weighted by atomic mass is 79.9. The lowest BCUT2D eigenvalue weighted by Crippen LogP contribution is -2.43. The summed E-state index contributed by atoms with van der Waals surface area (Å²) < 4.78 is 0. The van der Waals surface area contributed by atoms with E-state index in [1.54, 1.807) is 0 Å². The first-order chi connectivity index (χ1) is 7.81. The van der Waals surface area contributed by atoms with Gasteiger partial charge in [-0.25, -0.2) is 0 Å². The van der Waals surface area contributed by atoms with Gasteiger partial charge < -0.3 is 10.2 Å². The number of ketones is 1. The third-order valence-corrected chi connectivity index (χ3v) is 3.30. The van der Waals surface area contributed by atoms with Crippen molar-refractivity contribution < 1.29 is 4.79 Å². The van der Waals surface area contributed by atoms with Crippen LogP contribution in [0.4, 0.5) is 5.69 Å². The Morgan fingerprint density at radius 3 is 2.44 bits per heavy atom. The Balaban J connectivity index is 2.09. The first-order valence-corrected chi connectivity index (χ1v) is 6.58. The number of hydrogen-bond acceptors (Lipinski definition) is 3. The van der Waals surface area contributed by atoms with Crippen molar-refractivity contribution in [2.45, 2.75) is 0 Å². The highest BCUT2D eigenvalue weighted by Gasteiger charge is 2.10. The molecule has 1 heterocycles. The molecular formula is C12H15BrN2O. The summed E-state index contributed by atoms with van der Waals surface area (Å²) in [5.41, 5.74) is 1.98. The minimum absolute atomic E-state index is 0.131. The maximum Gasteiger partial charge on any atom is 0.173 e. The van der Waals surface area contributed by atoms with Gasteiger partial charge in [-0.2, -0.15) is 0 Å². The van der Waals surface area contributed by atoms with Gasteiger partial charge in [0.1, 0.15) is 0 Å². The minimum atomic E-state index is 0.131. The molecule has 1 fully saturated rings. The van der Waals surface area contributed by atoms with E-state index in [0.29, 0.717) is 5.33 Å². The summed E-state index contributed by atoms with van der Waals surface area (Å²) in [6.07, 6.45) is 0. The number of nitrogens with one attached hydrogen (secondary N) is 1. The van der Waals surface area contributed by atoms with Crippen LogP contribution in [0.1, 0.15) is 10.4 Å². The quantitative estimate of drug-likeness (QED) is 0.676. The van der Waals surface area contributed by atoms with Crippen molar-refractivity contribution in [1.29, 1.82) is 0 Å². The number of halogens is 1. The van der Waals surface area contributed by atoms with E-state index in [4.69, 9.17) is 0 Å². The minimum Gasteiger partial charge on any atom is -0.369 e. The van der Waals surface area contributed by atoms with Crippen LogP contribution in [0.25, 0.3) is 0 Å². The molecule has 0 saturated carbocycles. The highest BCUT2D eigenvalue weighted by Crippen LogP contribution is 2.16. The van der Waals surface area contributed by atoms with Crippen molar-refractivity contribution in [1.82, 2.24) is 5.32 Å². The normalized spacial score (nSPS) is 16.2. The van der Waals surface area contributed by atoms with E-state index in [1.165, 1.54) is 5.69 Å². The number of alkyl halides is 1. The number of Topliss-reactive ketones (excluding diaryl/α,β-unsaturated/α-hetero) is 1.